The van der Waals surface area contributed by atoms with Gasteiger partial charge >= 0.3 is 0 Å². The predicted octanol–water partition coefficient (Wildman–Crippen LogP) is 0.998. The lowest BCUT2D eigenvalue weighted by atomic mass is 10.1. The first-order valence-electron chi connectivity index (χ1n) is 6.65. The van der Waals surface area contributed by atoms with E-state index in [0.29, 0.717) is 11.6 Å². The summed E-state index contributed by atoms with van der Waals surface area (Å²) >= 11 is 1.04. The minimum Gasteiger partial charge on any atom is -0.346 e. The van der Waals surface area contributed by atoms with Crippen LogP contribution < -0.4 is 5.32 Å². The van der Waals surface area contributed by atoms with Crippen LogP contribution in [0.3, 0.4) is 0 Å². The lowest BCUT2D eigenvalue weighted by Gasteiger charge is -2.25. The van der Waals surface area contributed by atoms with Crippen molar-refractivity contribution in [1.29, 1.82) is 0 Å². The van der Waals surface area contributed by atoms with Gasteiger partial charge in [-0.05, 0) is 6.42 Å². The molecular weight excluding hydrogens is 276 g/mol. The number of rotatable bonds is 3. The maximum Gasteiger partial charge on any atom is 0.272 e. The van der Waals surface area contributed by atoms with Crippen molar-refractivity contribution in [2.75, 3.05) is 0 Å². The maximum absolute atomic E-state index is 12.0. The van der Waals surface area contributed by atoms with Gasteiger partial charge in [0.1, 0.15) is 11.6 Å². The van der Waals surface area contributed by atoms with Crippen LogP contribution in [-0.4, -0.2) is 35.5 Å². The Morgan fingerprint density at radius 2 is 2.35 bits per heavy atom. The number of aryl methyl sites for hydroxylation is 1. The van der Waals surface area contributed by atoms with E-state index in [4.69, 9.17) is 0 Å². The minimum absolute atomic E-state index is 0.0881. The molecule has 0 saturated carbocycles. The van der Waals surface area contributed by atoms with Crippen LogP contribution >= 0.6 is 11.7 Å². The number of aromatic nitrogens is 5. The van der Waals surface area contributed by atoms with Crippen LogP contribution in [0.1, 0.15) is 48.3 Å². The van der Waals surface area contributed by atoms with Crippen LogP contribution in [-0.2, 0) is 13.0 Å². The number of hydrogen-bond acceptors (Lipinski definition) is 6. The topological polar surface area (TPSA) is 85.6 Å². The van der Waals surface area contributed by atoms with Gasteiger partial charge in [-0.25, -0.2) is 0 Å². The Morgan fingerprint density at radius 3 is 3.05 bits per heavy atom. The molecule has 1 atom stereocenters. The fraction of sp³-hybridized carbons (Fsp3) is 0.583. The van der Waals surface area contributed by atoms with Crippen molar-refractivity contribution in [2.24, 2.45) is 0 Å². The fourth-order valence-electron chi connectivity index (χ4n) is 2.42. The minimum atomic E-state index is -0.161. The summed E-state index contributed by atoms with van der Waals surface area (Å²) < 4.78 is 9.92. The Labute approximate surface area is 120 Å². The molecule has 0 radical (unpaired) electrons. The van der Waals surface area contributed by atoms with Gasteiger partial charge in [0.05, 0.1) is 17.9 Å². The number of hydrogen-bond donors (Lipinski definition) is 1. The summed E-state index contributed by atoms with van der Waals surface area (Å²) in [6.45, 7) is 4.92. The zero-order valence-electron chi connectivity index (χ0n) is 11.4. The van der Waals surface area contributed by atoms with E-state index in [0.717, 1.165) is 42.8 Å². The Kier molecular flexibility index (Phi) is 3.47. The highest BCUT2D eigenvalue weighted by molar-refractivity contribution is 6.99. The van der Waals surface area contributed by atoms with E-state index >= 15 is 0 Å². The molecule has 20 heavy (non-hydrogen) atoms. The van der Waals surface area contributed by atoms with Gasteiger partial charge in [-0.2, -0.15) is 8.75 Å². The third-order valence-electron chi connectivity index (χ3n) is 3.42. The predicted molar refractivity (Wildman–Crippen MR) is 73.6 cm³/mol. The van der Waals surface area contributed by atoms with Crippen molar-refractivity contribution in [3.63, 3.8) is 0 Å². The van der Waals surface area contributed by atoms with E-state index in [2.05, 4.69) is 42.7 Å². The molecule has 2 aromatic heterocycles. The third-order valence-corrected chi connectivity index (χ3v) is 3.90. The summed E-state index contributed by atoms with van der Waals surface area (Å²) in [6.07, 6.45) is 3.20. The smallest absolute Gasteiger partial charge is 0.272 e. The molecule has 3 rings (SSSR count). The Bertz CT molecular complexity index is 606. The van der Waals surface area contributed by atoms with Gasteiger partial charge in [-0.1, -0.05) is 13.8 Å². The van der Waals surface area contributed by atoms with E-state index in [1.165, 1.54) is 6.20 Å². The largest absolute Gasteiger partial charge is 0.346 e. The number of amides is 1. The van der Waals surface area contributed by atoms with Gasteiger partial charge < -0.3 is 9.88 Å². The van der Waals surface area contributed by atoms with E-state index in [1.54, 1.807) is 0 Å². The van der Waals surface area contributed by atoms with Crippen LogP contribution in [0.5, 0.6) is 0 Å². The molecule has 3 heterocycles. The normalized spacial score (nSPS) is 18.1. The molecule has 1 N–H and O–H groups in total. The lowest BCUT2D eigenvalue weighted by Crippen LogP contribution is -2.41. The molecule has 1 aliphatic heterocycles. The highest BCUT2D eigenvalue weighted by atomic mass is 32.1. The molecule has 7 nitrogen and oxygen atoms in total. The van der Waals surface area contributed by atoms with Crippen LogP contribution in [0.25, 0.3) is 0 Å². The van der Waals surface area contributed by atoms with Gasteiger partial charge in [0.15, 0.2) is 5.69 Å². The van der Waals surface area contributed by atoms with E-state index in [9.17, 15) is 4.79 Å². The molecule has 1 amide bonds. The third kappa shape index (κ3) is 2.43. The molecular formula is C12H16N6OS. The van der Waals surface area contributed by atoms with Crippen LogP contribution in [0.4, 0.5) is 0 Å². The zero-order chi connectivity index (χ0) is 14.1. The van der Waals surface area contributed by atoms with Gasteiger partial charge in [0, 0.05) is 24.9 Å². The quantitative estimate of drug-likeness (QED) is 0.912. The first-order chi connectivity index (χ1) is 9.65. The number of carbonyl (C=O) groups is 1. The summed E-state index contributed by atoms with van der Waals surface area (Å²) in [5.74, 6) is 2.16. The molecule has 8 heteroatoms. The SMILES string of the molecule is CC(C)c1nnc2n1CC(NC(=O)c1cnsn1)CC2. The first-order valence-corrected chi connectivity index (χ1v) is 7.38. The molecule has 0 saturated heterocycles. The second kappa shape index (κ2) is 5.28. The van der Waals surface area contributed by atoms with Gasteiger partial charge in [-0.15, -0.1) is 10.2 Å². The van der Waals surface area contributed by atoms with Gasteiger partial charge in [-0.3, -0.25) is 4.79 Å². The molecule has 0 fully saturated rings. The van der Waals surface area contributed by atoms with Gasteiger partial charge in [0.2, 0.25) is 0 Å². The van der Waals surface area contributed by atoms with Crippen molar-refractivity contribution >= 4 is 17.6 Å². The highest BCUT2D eigenvalue weighted by Gasteiger charge is 2.25. The Hall–Kier alpha value is -1.83. The van der Waals surface area contributed by atoms with Crippen molar-refractivity contribution < 1.29 is 4.79 Å². The number of fused-ring (bicyclic) bond motifs is 1. The van der Waals surface area contributed by atoms with Crippen LogP contribution in [0.2, 0.25) is 0 Å². The highest BCUT2D eigenvalue weighted by Crippen LogP contribution is 2.20. The van der Waals surface area contributed by atoms with Crippen molar-refractivity contribution in [1.82, 2.24) is 28.8 Å². The summed E-state index contributed by atoms with van der Waals surface area (Å²) in [7, 11) is 0. The summed E-state index contributed by atoms with van der Waals surface area (Å²) in [6, 6.07) is 0.0881. The Morgan fingerprint density at radius 1 is 1.50 bits per heavy atom. The summed E-state index contributed by atoms with van der Waals surface area (Å²) in [4.78, 5) is 12.0. The maximum atomic E-state index is 12.0. The number of nitrogens with one attached hydrogen (secondary N) is 1. The average Bonchev–Trinajstić information content (AvgIpc) is 3.07. The van der Waals surface area contributed by atoms with Crippen LogP contribution in [0, 0.1) is 0 Å². The summed E-state index contributed by atoms with van der Waals surface area (Å²) in [5, 5.41) is 11.5. The number of nitrogens with zero attached hydrogens (tertiary/aromatic N) is 5. The van der Waals surface area contributed by atoms with E-state index in [1.807, 2.05) is 0 Å². The molecule has 0 spiro atoms. The zero-order valence-corrected chi connectivity index (χ0v) is 12.2. The molecule has 106 valence electrons. The fourth-order valence-corrected chi connectivity index (χ4v) is 2.83. The second-order valence-electron chi connectivity index (χ2n) is 5.24. The van der Waals surface area contributed by atoms with E-state index in [-0.39, 0.29) is 11.9 Å². The van der Waals surface area contributed by atoms with Crippen molar-refractivity contribution in [3.05, 3.63) is 23.5 Å². The lowest BCUT2D eigenvalue weighted by molar-refractivity contribution is 0.0923. The van der Waals surface area contributed by atoms with Crippen molar-refractivity contribution in [3.8, 4) is 0 Å². The second-order valence-corrected chi connectivity index (χ2v) is 5.80. The standard InChI is InChI=1S/C12H16N6OS/c1-7(2)11-16-15-10-4-3-8(6-18(10)11)14-12(19)9-5-13-20-17-9/h5,7-8H,3-4,6H2,1-2H3,(H,14,19). The Balaban J connectivity index is 1.72. The molecule has 1 aliphatic rings. The monoisotopic (exact) mass is 292 g/mol. The number of carbonyl (C=O) groups excluding carboxylic acids is 1. The van der Waals surface area contributed by atoms with Crippen molar-refractivity contribution in [2.45, 2.75) is 45.2 Å². The molecule has 0 aliphatic carbocycles. The first kappa shape index (κ1) is 13.2. The van der Waals surface area contributed by atoms with E-state index < -0.39 is 0 Å². The molecule has 0 aromatic carbocycles. The average molecular weight is 292 g/mol. The summed E-state index contributed by atoms with van der Waals surface area (Å²) in [5.41, 5.74) is 0.383. The molecule has 2 aromatic rings. The van der Waals surface area contributed by atoms with Crippen LogP contribution in [0.15, 0.2) is 6.20 Å². The molecule has 1 unspecified atom stereocenters. The van der Waals surface area contributed by atoms with Gasteiger partial charge in [0.25, 0.3) is 5.91 Å². The molecule has 0 bridgehead atoms.